The van der Waals surface area contributed by atoms with Gasteiger partial charge in [0.05, 0.1) is 5.69 Å². The lowest BCUT2D eigenvalue weighted by atomic mass is 10.0. The summed E-state index contributed by atoms with van der Waals surface area (Å²) >= 11 is 6.01. The number of oxazole rings is 1. The number of halogens is 1. The number of benzene rings is 1. The highest BCUT2D eigenvalue weighted by molar-refractivity contribution is 6.31. The van der Waals surface area contributed by atoms with Gasteiger partial charge in [-0.2, -0.15) is 4.98 Å². The van der Waals surface area contributed by atoms with Crippen LogP contribution in [0.25, 0.3) is 22.5 Å². The zero-order valence-corrected chi connectivity index (χ0v) is 17.1. The third kappa shape index (κ3) is 4.47. The molecule has 0 amide bonds. The lowest BCUT2D eigenvalue weighted by Gasteiger charge is -2.32. The molecule has 1 aromatic carbocycles. The van der Waals surface area contributed by atoms with Gasteiger partial charge in [-0.25, -0.2) is 4.98 Å². The zero-order chi connectivity index (χ0) is 20.4. The summed E-state index contributed by atoms with van der Waals surface area (Å²) in [5, 5.41) is 23.2. The Bertz CT molecular complexity index is 984. The molecule has 7 nitrogen and oxygen atoms in total. The molecule has 1 saturated heterocycles. The molecule has 154 valence electrons. The second-order valence-corrected chi connectivity index (χ2v) is 7.95. The summed E-state index contributed by atoms with van der Waals surface area (Å²) in [5.74, 6) is 0.0915. The second kappa shape index (κ2) is 8.57. The van der Waals surface area contributed by atoms with Gasteiger partial charge in [-0.3, -0.25) is 0 Å². The first-order chi connectivity index (χ1) is 14.0. The number of piperidine rings is 1. The summed E-state index contributed by atoms with van der Waals surface area (Å²) in [6, 6.07) is 7.64. The van der Waals surface area contributed by atoms with E-state index in [0.29, 0.717) is 33.5 Å². The number of aromatic nitrogens is 2. The van der Waals surface area contributed by atoms with Crippen molar-refractivity contribution in [2.45, 2.75) is 32.2 Å². The lowest BCUT2D eigenvalue weighted by molar-refractivity contribution is 0.189. The van der Waals surface area contributed by atoms with Crippen molar-refractivity contribution in [3.63, 3.8) is 0 Å². The molecule has 1 aliphatic heterocycles. The predicted molar refractivity (Wildman–Crippen MR) is 113 cm³/mol. The van der Waals surface area contributed by atoms with Crippen LogP contribution < -0.4 is 5.32 Å². The van der Waals surface area contributed by atoms with E-state index in [1.807, 2.05) is 19.1 Å². The number of aromatic hydroxyl groups is 1. The molecule has 1 atom stereocenters. The minimum absolute atomic E-state index is 0.0915. The van der Waals surface area contributed by atoms with Crippen molar-refractivity contribution >= 4 is 28.8 Å². The second-order valence-electron chi connectivity index (χ2n) is 7.52. The Morgan fingerprint density at radius 1 is 1.31 bits per heavy atom. The molecule has 0 saturated carbocycles. The topological polar surface area (TPSA) is 94.7 Å². The fraction of sp³-hybridized carbons (Fsp3) is 0.429. The van der Waals surface area contributed by atoms with Gasteiger partial charge in [0.15, 0.2) is 5.58 Å². The number of phenols is 1. The SMILES string of the molecule is Cc1cc(Cl)cc(O)c1-c1ccc2oc(N[C@@H]3CCCN(CCCO)C3)nc2n1. The van der Waals surface area contributed by atoms with Crippen LogP contribution in [0.15, 0.2) is 28.7 Å². The number of likely N-dealkylation sites (tertiary alicyclic amines) is 1. The summed E-state index contributed by atoms with van der Waals surface area (Å²) in [7, 11) is 0. The number of pyridine rings is 1. The maximum atomic E-state index is 10.3. The maximum absolute atomic E-state index is 10.3. The fourth-order valence-electron chi connectivity index (χ4n) is 3.92. The molecule has 0 bridgehead atoms. The van der Waals surface area contributed by atoms with Crippen LogP contribution in [-0.4, -0.2) is 57.4 Å². The van der Waals surface area contributed by atoms with E-state index in [-0.39, 0.29) is 18.4 Å². The van der Waals surface area contributed by atoms with Crippen molar-refractivity contribution in [3.05, 3.63) is 34.9 Å². The van der Waals surface area contributed by atoms with Crippen molar-refractivity contribution in [2.24, 2.45) is 0 Å². The summed E-state index contributed by atoms with van der Waals surface area (Å²) < 4.78 is 5.83. The summed E-state index contributed by atoms with van der Waals surface area (Å²) in [4.78, 5) is 11.4. The number of nitrogens with one attached hydrogen (secondary N) is 1. The normalized spacial score (nSPS) is 17.7. The number of aryl methyl sites for hydroxylation is 1. The van der Waals surface area contributed by atoms with Gasteiger partial charge >= 0.3 is 0 Å². The highest BCUT2D eigenvalue weighted by atomic mass is 35.5. The van der Waals surface area contributed by atoms with Crippen LogP contribution >= 0.6 is 11.6 Å². The number of rotatable bonds is 6. The number of hydrogen-bond acceptors (Lipinski definition) is 7. The Morgan fingerprint density at radius 2 is 2.17 bits per heavy atom. The molecule has 2 aromatic heterocycles. The van der Waals surface area contributed by atoms with Crippen LogP contribution in [0.5, 0.6) is 5.75 Å². The third-order valence-electron chi connectivity index (χ3n) is 5.25. The highest BCUT2D eigenvalue weighted by Gasteiger charge is 2.21. The van der Waals surface area contributed by atoms with Gasteiger partial charge in [-0.1, -0.05) is 11.6 Å². The van der Waals surface area contributed by atoms with E-state index in [4.69, 9.17) is 21.1 Å². The Labute approximate surface area is 174 Å². The number of phenolic OH excluding ortho intramolecular Hbond substituents is 1. The molecule has 0 unspecified atom stereocenters. The largest absolute Gasteiger partial charge is 0.507 e. The molecule has 0 aliphatic carbocycles. The molecule has 1 fully saturated rings. The fourth-order valence-corrected chi connectivity index (χ4v) is 4.19. The van der Waals surface area contributed by atoms with Gasteiger partial charge in [0.25, 0.3) is 6.01 Å². The highest BCUT2D eigenvalue weighted by Crippen LogP contribution is 2.35. The molecule has 8 heteroatoms. The van der Waals surface area contributed by atoms with Gasteiger partial charge in [0, 0.05) is 36.3 Å². The van der Waals surface area contributed by atoms with Crippen molar-refractivity contribution in [3.8, 4) is 17.0 Å². The Kier molecular flexibility index (Phi) is 5.89. The standard InChI is InChI=1S/C21H25ClN4O3/c1-13-10-14(22)11-17(28)19(13)16-5-6-18-20(24-16)25-21(29-18)23-15-4-2-7-26(12-15)8-3-9-27/h5-6,10-11,15,27-28H,2-4,7-9,12H2,1H3,(H,23,24,25)/t15-/m1/s1. The number of hydrogen-bond donors (Lipinski definition) is 3. The molecule has 1 aliphatic rings. The van der Waals surface area contributed by atoms with Crippen molar-refractivity contribution in [1.29, 1.82) is 0 Å². The van der Waals surface area contributed by atoms with E-state index in [9.17, 15) is 5.11 Å². The first-order valence-corrected chi connectivity index (χ1v) is 10.3. The van der Waals surface area contributed by atoms with E-state index < -0.39 is 0 Å². The average molecular weight is 417 g/mol. The van der Waals surface area contributed by atoms with Crippen LogP contribution in [-0.2, 0) is 0 Å². The molecular weight excluding hydrogens is 392 g/mol. The molecule has 3 aromatic rings. The number of aliphatic hydroxyl groups is 1. The summed E-state index contributed by atoms with van der Waals surface area (Å²) in [6.07, 6.45) is 2.94. The molecule has 3 heterocycles. The van der Waals surface area contributed by atoms with E-state index >= 15 is 0 Å². The third-order valence-corrected chi connectivity index (χ3v) is 5.47. The monoisotopic (exact) mass is 416 g/mol. The Hall–Kier alpha value is -2.35. The Balaban J connectivity index is 1.53. The lowest BCUT2D eigenvalue weighted by Crippen LogP contribution is -2.42. The quantitative estimate of drug-likeness (QED) is 0.562. The molecule has 29 heavy (non-hydrogen) atoms. The van der Waals surface area contributed by atoms with Gasteiger partial charge in [0.1, 0.15) is 5.75 Å². The first-order valence-electron chi connectivity index (χ1n) is 9.90. The van der Waals surface area contributed by atoms with Crippen molar-refractivity contribution < 1.29 is 14.6 Å². The number of aliphatic hydroxyl groups excluding tert-OH is 1. The van der Waals surface area contributed by atoms with Crippen LogP contribution in [0, 0.1) is 6.92 Å². The Morgan fingerprint density at radius 3 is 2.97 bits per heavy atom. The van der Waals surface area contributed by atoms with Crippen LogP contribution in [0.2, 0.25) is 5.02 Å². The smallest absolute Gasteiger partial charge is 0.297 e. The zero-order valence-electron chi connectivity index (χ0n) is 16.4. The molecular formula is C21H25ClN4O3. The van der Waals surface area contributed by atoms with E-state index in [1.54, 1.807) is 6.07 Å². The van der Waals surface area contributed by atoms with Crippen LogP contribution in [0.3, 0.4) is 0 Å². The molecule has 3 N–H and O–H groups in total. The minimum atomic E-state index is 0.0915. The molecule has 0 radical (unpaired) electrons. The van der Waals surface area contributed by atoms with E-state index in [1.165, 1.54) is 6.07 Å². The number of anilines is 1. The van der Waals surface area contributed by atoms with Crippen LogP contribution in [0.4, 0.5) is 6.01 Å². The van der Waals surface area contributed by atoms with Crippen molar-refractivity contribution in [2.75, 3.05) is 31.6 Å². The number of nitrogens with zero attached hydrogens (tertiary/aromatic N) is 3. The van der Waals surface area contributed by atoms with Gasteiger partial charge < -0.3 is 24.8 Å². The van der Waals surface area contributed by atoms with E-state index in [2.05, 4.69) is 20.2 Å². The number of fused-ring (bicyclic) bond motifs is 1. The maximum Gasteiger partial charge on any atom is 0.297 e. The van der Waals surface area contributed by atoms with Gasteiger partial charge in [-0.05, 0) is 62.6 Å². The van der Waals surface area contributed by atoms with Gasteiger partial charge in [0.2, 0.25) is 5.65 Å². The first kappa shape index (κ1) is 19.9. The predicted octanol–water partition coefficient (Wildman–Crippen LogP) is 3.82. The van der Waals surface area contributed by atoms with Gasteiger partial charge in [-0.15, -0.1) is 0 Å². The molecule has 0 spiro atoms. The minimum Gasteiger partial charge on any atom is -0.507 e. The summed E-state index contributed by atoms with van der Waals surface area (Å²) in [6.45, 7) is 4.96. The average Bonchev–Trinajstić information content (AvgIpc) is 3.07. The summed E-state index contributed by atoms with van der Waals surface area (Å²) in [5.41, 5.74) is 3.19. The molecule has 4 rings (SSSR count). The van der Waals surface area contributed by atoms with E-state index in [0.717, 1.165) is 44.5 Å². The van der Waals surface area contributed by atoms with Crippen molar-refractivity contribution in [1.82, 2.24) is 14.9 Å². The van der Waals surface area contributed by atoms with Crippen LogP contribution in [0.1, 0.15) is 24.8 Å².